The van der Waals surface area contributed by atoms with Crippen LogP contribution in [0.1, 0.15) is 39.1 Å². The average Bonchev–Trinajstić information content (AvgIpc) is 2.96. The number of nitrogens with zero attached hydrogens (tertiary/aromatic N) is 3. The van der Waals surface area contributed by atoms with Crippen LogP contribution in [0.5, 0.6) is 5.88 Å². The summed E-state index contributed by atoms with van der Waals surface area (Å²) in [7, 11) is 1.21. The van der Waals surface area contributed by atoms with Crippen molar-refractivity contribution >= 4 is 12.6 Å². The molecule has 0 amide bonds. The maximum absolute atomic E-state index is 6.12. The van der Waals surface area contributed by atoms with Gasteiger partial charge in [0.2, 0.25) is 5.88 Å². The van der Waals surface area contributed by atoms with E-state index in [2.05, 4.69) is 10.1 Å². The van der Waals surface area contributed by atoms with Crippen molar-refractivity contribution in [3.05, 3.63) is 35.8 Å². The van der Waals surface area contributed by atoms with Gasteiger partial charge in [-0.15, -0.1) is 0 Å². The minimum absolute atomic E-state index is 0.361. The Morgan fingerprint density at radius 3 is 2.46 bits per heavy atom. The highest BCUT2D eigenvalue weighted by molar-refractivity contribution is 6.62. The first kappa shape index (κ1) is 17.0. The van der Waals surface area contributed by atoms with E-state index < -0.39 is 7.12 Å². The second kappa shape index (κ2) is 5.90. The summed E-state index contributed by atoms with van der Waals surface area (Å²) < 4.78 is 19.3. The molecule has 24 heavy (non-hydrogen) atoms. The summed E-state index contributed by atoms with van der Waals surface area (Å²) >= 11 is 0. The van der Waals surface area contributed by atoms with Crippen LogP contribution < -0.4 is 10.2 Å². The van der Waals surface area contributed by atoms with Crippen molar-refractivity contribution in [3.8, 4) is 5.88 Å². The lowest BCUT2D eigenvalue weighted by Crippen LogP contribution is -2.41. The summed E-state index contributed by atoms with van der Waals surface area (Å²) in [5, 5.41) is 4.58. The van der Waals surface area contributed by atoms with E-state index in [4.69, 9.17) is 14.0 Å². The topological polar surface area (TPSA) is 58.4 Å². The van der Waals surface area contributed by atoms with Crippen molar-refractivity contribution < 1.29 is 14.0 Å². The van der Waals surface area contributed by atoms with E-state index in [9.17, 15) is 0 Å². The Hall–Kier alpha value is -1.86. The van der Waals surface area contributed by atoms with E-state index in [1.165, 1.54) is 0 Å². The van der Waals surface area contributed by atoms with Gasteiger partial charge in [-0.1, -0.05) is 6.07 Å². The van der Waals surface area contributed by atoms with Crippen molar-refractivity contribution in [2.45, 2.75) is 52.4 Å². The first-order valence-electron chi connectivity index (χ1n) is 8.11. The summed E-state index contributed by atoms with van der Waals surface area (Å²) in [5.74, 6) is 0.600. The molecule has 6 nitrogen and oxygen atoms in total. The van der Waals surface area contributed by atoms with Crippen LogP contribution in [0.4, 0.5) is 0 Å². The molecule has 1 fully saturated rings. The number of ether oxygens (including phenoxy) is 1. The van der Waals surface area contributed by atoms with E-state index in [1.54, 1.807) is 7.11 Å². The standard InChI is InChI=1S/C17H24BN3O3/c1-12-14(18-23-16(2,3)17(4,5)24-18)11-21(20-12)10-13-8-7-9-15(19-13)22-6/h7-9,11H,10H2,1-6H3. The fraction of sp³-hybridized carbons (Fsp3) is 0.529. The predicted molar refractivity (Wildman–Crippen MR) is 92.6 cm³/mol. The molecule has 7 heteroatoms. The third-order valence-corrected chi connectivity index (χ3v) is 4.81. The van der Waals surface area contributed by atoms with Crippen LogP contribution in [-0.2, 0) is 15.9 Å². The van der Waals surface area contributed by atoms with Crippen LogP contribution in [0.25, 0.3) is 0 Å². The molecule has 0 saturated carbocycles. The number of aromatic nitrogens is 3. The molecule has 1 aliphatic heterocycles. The van der Waals surface area contributed by atoms with Crippen LogP contribution in [0.15, 0.2) is 24.4 Å². The van der Waals surface area contributed by atoms with Gasteiger partial charge >= 0.3 is 7.12 Å². The van der Waals surface area contributed by atoms with Gasteiger partial charge in [0.1, 0.15) is 0 Å². The molecule has 0 aliphatic carbocycles. The lowest BCUT2D eigenvalue weighted by Gasteiger charge is -2.32. The van der Waals surface area contributed by atoms with E-state index in [-0.39, 0.29) is 11.2 Å². The normalized spacial score (nSPS) is 18.8. The molecule has 1 aliphatic rings. The second-order valence-corrected chi connectivity index (χ2v) is 7.13. The van der Waals surface area contributed by atoms with Gasteiger partial charge in [0.15, 0.2) is 0 Å². The van der Waals surface area contributed by atoms with Gasteiger partial charge < -0.3 is 14.0 Å². The Bertz CT molecular complexity index is 726. The smallest absolute Gasteiger partial charge is 0.481 e. The van der Waals surface area contributed by atoms with E-state index in [0.717, 1.165) is 16.9 Å². The fourth-order valence-electron chi connectivity index (χ4n) is 2.64. The fourth-order valence-corrected chi connectivity index (χ4v) is 2.64. The predicted octanol–water partition coefficient (Wildman–Crippen LogP) is 1.94. The molecular weight excluding hydrogens is 305 g/mol. The van der Waals surface area contributed by atoms with Gasteiger partial charge in [-0.2, -0.15) is 5.10 Å². The van der Waals surface area contributed by atoms with E-state index in [1.807, 2.05) is 63.7 Å². The SMILES string of the molecule is COc1cccc(Cn2cc(B3OC(C)(C)C(C)(C)O3)c(C)n2)n1. The van der Waals surface area contributed by atoms with E-state index in [0.29, 0.717) is 12.4 Å². The van der Waals surface area contributed by atoms with Crippen molar-refractivity contribution in [2.24, 2.45) is 0 Å². The molecule has 2 aromatic heterocycles. The van der Waals surface area contributed by atoms with Crippen LogP contribution in [0, 0.1) is 6.92 Å². The zero-order valence-corrected chi connectivity index (χ0v) is 15.2. The van der Waals surface area contributed by atoms with Crippen LogP contribution in [-0.4, -0.2) is 40.2 Å². The third-order valence-electron chi connectivity index (χ3n) is 4.81. The number of methoxy groups -OCH3 is 1. The van der Waals surface area contributed by atoms with Crippen molar-refractivity contribution in [2.75, 3.05) is 7.11 Å². The number of hydrogen-bond donors (Lipinski definition) is 0. The first-order chi connectivity index (χ1) is 11.2. The number of rotatable bonds is 4. The number of pyridine rings is 1. The largest absolute Gasteiger partial charge is 0.498 e. The van der Waals surface area contributed by atoms with Crippen molar-refractivity contribution in [1.29, 1.82) is 0 Å². The summed E-state index contributed by atoms with van der Waals surface area (Å²) in [6, 6.07) is 5.70. The monoisotopic (exact) mass is 329 g/mol. The molecule has 128 valence electrons. The van der Waals surface area contributed by atoms with Gasteiger partial charge in [-0.25, -0.2) is 4.98 Å². The van der Waals surface area contributed by atoms with Crippen LogP contribution >= 0.6 is 0 Å². The highest BCUT2D eigenvalue weighted by Crippen LogP contribution is 2.36. The molecule has 3 heterocycles. The Labute approximate surface area is 143 Å². The number of hydrogen-bond acceptors (Lipinski definition) is 5. The Kier molecular flexibility index (Phi) is 4.17. The summed E-state index contributed by atoms with van der Waals surface area (Å²) in [6.07, 6.45) is 1.97. The van der Waals surface area contributed by atoms with Crippen LogP contribution in [0.3, 0.4) is 0 Å². The second-order valence-electron chi connectivity index (χ2n) is 7.13. The van der Waals surface area contributed by atoms with E-state index >= 15 is 0 Å². The molecule has 0 aromatic carbocycles. The van der Waals surface area contributed by atoms with Crippen molar-refractivity contribution in [3.63, 3.8) is 0 Å². The molecule has 3 rings (SSSR count). The molecular formula is C17H24BN3O3. The minimum Gasteiger partial charge on any atom is -0.481 e. The van der Waals surface area contributed by atoms with Gasteiger partial charge in [-0.05, 0) is 40.7 Å². The molecule has 0 N–H and O–H groups in total. The third kappa shape index (κ3) is 3.06. The summed E-state index contributed by atoms with van der Waals surface area (Å²) in [4.78, 5) is 4.42. The zero-order valence-electron chi connectivity index (χ0n) is 15.2. The van der Waals surface area contributed by atoms with Gasteiger partial charge in [0.25, 0.3) is 0 Å². The first-order valence-corrected chi connectivity index (χ1v) is 8.11. The quantitative estimate of drug-likeness (QED) is 0.803. The summed E-state index contributed by atoms with van der Waals surface area (Å²) in [5.41, 5.74) is 2.02. The highest BCUT2D eigenvalue weighted by atomic mass is 16.7. The molecule has 1 saturated heterocycles. The van der Waals surface area contributed by atoms with Gasteiger partial charge in [0, 0.05) is 17.7 Å². The molecule has 0 bridgehead atoms. The molecule has 0 atom stereocenters. The average molecular weight is 329 g/mol. The van der Waals surface area contributed by atoms with Crippen LogP contribution in [0.2, 0.25) is 0 Å². The lowest BCUT2D eigenvalue weighted by atomic mass is 9.79. The maximum atomic E-state index is 6.12. The molecule has 0 unspecified atom stereocenters. The Balaban J connectivity index is 1.81. The molecule has 2 aromatic rings. The van der Waals surface area contributed by atoms with Gasteiger partial charge in [0.05, 0.1) is 36.2 Å². The maximum Gasteiger partial charge on any atom is 0.498 e. The lowest BCUT2D eigenvalue weighted by molar-refractivity contribution is 0.00578. The summed E-state index contributed by atoms with van der Waals surface area (Å²) in [6.45, 7) is 10.7. The number of aryl methyl sites for hydroxylation is 1. The molecule has 0 radical (unpaired) electrons. The highest BCUT2D eigenvalue weighted by Gasteiger charge is 2.52. The Morgan fingerprint density at radius 2 is 1.83 bits per heavy atom. The van der Waals surface area contributed by atoms with Gasteiger partial charge in [-0.3, -0.25) is 4.68 Å². The zero-order chi connectivity index (χ0) is 17.5. The molecule has 0 spiro atoms. The minimum atomic E-state index is -0.401. The Morgan fingerprint density at radius 1 is 1.17 bits per heavy atom. The van der Waals surface area contributed by atoms with Crippen molar-refractivity contribution in [1.82, 2.24) is 14.8 Å².